The van der Waals surface area contributed by atoms with Crippen LogP contribution in [0.5, 0.6) is 0 Å². The molecule has 1 rings (SSSR count). The minimum absolute atomic E-state index is 0.00763. The van der Waals surface area contributed by atoms with Crippen molar-refractivity contribution in [3.05, 3.63) is 17.5 Å². The number of H-pyrrole nitrogens is 1. The summed E-state index contributed by atoms with van der Waals surface area (Å²) in [5, 5.41) is 16.6. The van der Waals surface area contributed by atoms with Gasteiger partial charge in [-0.1, -0.05) is 20.8 Å². The van der Waals surface area contributed by atoms with Crippen LogP contribution in [-0.2, 0) is 5.41 Å². The molecule has 0 radical (unpaired) electrons. The number of rotatable bonds is 2. The maximum absolute atomic E-state index is 9.68. The fourth-order valence-electron chi connectivity index (χ4n) is 1.16. The van der Waals surface area contributed by atoms with Gasteiger partial charge in [-0.05, 0) is 13.0 Å². The van der Waals surface area contributed by atoms with Crippen molar-refractivity contribution in [1.29, 1.82) is 0 Å². The second-order valence-corrected chi connectivity index (χ2v) is 4.76. The smallest absolute Gasteiger partial charge is 0.110 e. The zero-order valence-corrected chi connectivity index (χ0v) is 9.20. The second-order valence-electron chi connectivity index (χ2n) is 4.76. The molecule has 2 unspecified atom stereocenters. The van der Waals surface area contributed by atoms with E-state index in [-0.39, 0.29) is 11.5 Å². The molecule has 0 saturated heterocycles. The molecule has 1 aromatic rings. The van der Waals surface area contributed by atoms with Gasteiger partial charge in [0.2, 0.25) is 0 Å². The Morgan fingerprint density at radius 3 is 2.43 bits per heavy atom. The van der Waals surface area contributed by atoms with Crippen molar-refractivity contribution in [3.8, 4) is 0 Å². The molecule has 14 heavy (non-hydrogen) atoms. The van der Waals surface area contributed by atoms with Gasteiger partial charge in [0.15, 0.2) is 0 Å². The molecular weight excluding hydrogens is 178 g/mol. The van der Waals surface area contributed by atoms with Gasteiger partial charge in [0.05, 0.1) is 11.4 Å². The zero-order valence-electron chi connectivity index (χ0n) is 9.20. The Bertz CT molecular complexity index is 299. The molecule has 2 atom stereocenters. The topological polar surface area (TPSA) is 74.9 Å². The van der Waals surface area contributed by atoms with Crippen molar-refractivity contribution < 1.29 is 5.11 Å². The molecule has 0 aliphatic heterocycles. The summed E-state index contributed by atoms with van der Waals surface area (Å²) in [6.45, 7) is 7.99. The highest BCUT2D eigenvalue weighted by Gasteiger charge is 2.21. The first kappa shape index (κ1) is 11.2. The molecule has 0 amide bonds. The van der Waals surface area contributed by atoms with Crippen LogP contribution in [0.4, 0.5) is 0 Å². The van der Waals surface area contributed by atoms with Crippen LogP contribution < -0.4 is 5.73 Å². The zero-order chi connectivity index (χ0) is 10.9. The molecule has 80 valence electrons. The van der Waals surface area contributed by atoms with Crippen molar-refractivity contribution in [2.45, 2.75) is 45.3 Å². The van der Waals surface area contributed by atoms with Gasteiger partial charge in [-0.15, -0.1) is 0 Å². The summed E-state index contributed by atoms with van der Waals surface area (Å²) in [4.78, 5) is 0. The molecule has 0 fully saturated rings. The summed E-state index contributed by atoms with van der Waals surface area (Å²) >= 11 is 0. The van der Waals surface area contributed by atoms with Crippen LogP contribution in [0.3, 0.4) is 0 Å². The fraction of sp³-hybridized carbons (Fsp3) is 0.700. The van der Waals surface area contributed by atoms with Crippen LogP contribution in [0.1, 0.15) is 45.2 Å². The minimum atomic E-state index is -0.668. The molecule has 0 aromatic carbocycles. The van der Waals surface area contributed by atoms with E-state index < -0.39 is 6.10 Å². The van der Waals surface area contributed by atoms with Gasteiger partial charge in [0.1, 0.15) is 6.10 Å². The monoisotopic (exact) mass is 197 g/mol. The van der Waals surface area contributed by atoms with E-state index in [4.69, 9.17) is 5.73 Å². The van der Waals surface area contributed by atoms with Gasteiger partial charge >= 0.3 is 0 Å². The maximum Gasteiger partial charge on any atom is 0.110 e. The third kappa shape index (κ3) is 2.33. The SMILES string of the molecule is CC(N)C(O)c1cc(C(C)(C)C)n[nH]1. The predicted molar refractivity (Wildman–Crippen MR) is 55.9 cm³/mol. The molecule has 0 aliphatic rings. The van der Waals surface area contributed by atoms with E-state index in [9.17, 15) is 5.11 Å². The van der Waals surface area contributed by atoms with Crippen molar-refractivity contribution in [1.82, 2.24) is 10.2 Å². The third-order valence-electron chi connectivity index (χ3n) is 2.18. The number of nitrogens with one attached hydrogen (secondary N) is 1. The van der Waals surface area contributed by atoms with E-state index in [0.29, 0.717) is 5.69 Å². The Hall–Kier alpha value is -0.870. The predicted octanol–water partition coefficient (Wildman–Crippen LogP) is 1.09. The van der Waals surface area contributed by atoms with Crippen molar-refractivity contribution in [3.63, 3.8) is 0 Å². The lowest BCUT2D eigenvalue weighted by atomic mass is 9.92. The highest BCUT2D eigenvalue weighted by atomic mass is 16.3. The average molecular weight is 197 g/mol. The van der Waals surface area contributed by atoms with Gasteiger partial charge in [-0.25, -0.2) is 0 Å². The second kappa shape index (κ2) is 3.71. The van der Waals surface area contributed by atoms with Crippen LogP contribution in [0, 0.1) is 0 Å². The van der Waals surface area contributed by atoms with Crippen LogP contribution >= 0.6 is 0 Å². The van der Waals surface area contributed by atoms with Crippen LogP contribution in [0.25, 0.3) is 0 Å². The molecule has 4 N–H and O–H groups in total. The first-order valence-electron chi connectivity index (χ1n) is 4.82. The average Bonchev–Trinajstić information content (AvgIpc) is 2.49. The standard InChI is InChI=1S/C10H19N3O/c1-6(11)9(14)7-5-8(13-12-7)10(2,3)4/h5-6,9,14H,11H2,1-4H3,(H,12,13). The summed E-state index contributed by atoms with van der Waals surface area (Å²) in [6.07, 6.45) is -0.668. The number of aliphatic hydroxyl groups excluding tert-OH is 1. The number of nitrogens with two attached hydrogens (primary N) is 1. The van der Waals surface area contributed by atoms with E-state index in [0.717, 1.165) is 5.69 Å². The molecule has 0 saturated carbocycles. The van der Waals surface area contributed by atoms with Crippen LogP contribution in [-0.4, -0.2) is 21.3 Å². The summed E-state index contributed by atoms with van der Waals surface area (Å²) in [5.41, 5.74) is 7.20. The third-order valence-corrected chi connectivity index (χ3v) is 2.18. The Balaban J connectivity index is 2.89. The molecule has 0 aliphatic carbocycles. The van der Waals surface area contributed by atoms with E-state index in [1.165, 1.54) is 0 Å². The molecular formula is C10H19N3O. The lowest BCUT2D eigenvalue weighted by molar-refractivity contribution is 0.148. The summed E-state index contributed by atoms with van der Waals surface area (Å²) in [7, 11) is 0. The van der Waals surface area contributed by atoms with Crippen molar-refractivity contribution in [2.24, 2.45) is 5.73 Å². The Morgan fingerprint density at radius 1 is 1.50 bits per heavy atom. The molecule has 4 heteroatoms. The normalized spacial score (nSPS) is 16.7. The van der Waals surface area contributed by atoms with Gasteiger partial charge < -0.3 is 10.8 Å². The number of aromatic nitrogens is 2. The first-order chi connectivity index (χ1) is 6.32. The van der Waals surface area contributed by atoms with E-state index in [2.05, 4.69) is 31.0 Å². The quantitative estimate of drug-likeness (QED) is 0.664. The van der Waals surface area contributed by atoms with Gasteiger partial charge in [0.25, 0.3) is 0 Å². The minimum Gasteiger partial charge on any atom is -0.385 e. The lowest BCUT2D eigenvalue weighted by Gasteiger charge is -2.14. The Labute approximate surface area is 84.5 Å². The van der Waals surface area contributed by atoms with Crippen LogP contribution in [0.2, 0.25) is 0 Å². The molecule has 4 nitrogen and oxygen atoms in total. The van der Waals surface area contributed by atoms with E-state index in [1.807, 2.05) is 6.07 Å². The summed E-state index contributed by atoms with van der Waals surface area (Å²) in [6, 6.07) is 1.58. The highest BCUT2D eigenvalue weighted by Crippen LogP contribution is 2.23. The van der Waals surface area contributed by atoms with Gasteiger partial charge in [0, 0.05) is 11.5 Å². The summed E-state index contributed by atoms with van der Waals surface area (Å²) in [5.74, 6) is 0. The maximum atomic E-state index is 9.68. The molecule has 0 spiro atoms. The number of hydrogen-bond donors (Lipinski definition) is 3. The van der Waals surface area contributed by atoms with E-state index >= 15 is 0 Å². The largest absolute Gasteiger partial charge is 0.385 e. The van der Waals surface area contributed by atoms with Crippen molar-refractivity contribution >= 4 is 0 Å². The van der Waals surface area contributed by atoms with Crippen molar-refractivity contribution in [2.75, 3.05) is 0 Å². The first-order valence-corrected chi connectivity index (χ1v) is 4.82. The van der Waals surface area contributed by atoms with Gasteiger partial charge in [-0.3, -0.25) is 5.10 Å². The molecule has 1 aromatic heterocycles. The van der Waals surface area contributed by atoms with E-state index in [1.54, 1.807) is 6.92 Å². The number of hydrogen-bond acceptors (Lipinski definition) is 3. The molecule has 0 bridgehead atoms. The fourth-order valence-corrected chi connectivity index (χ4v) is 1.16. The summed E-state index contributed by atoms with van der Waals surface area (Å²) < 4.78 is 0. The number of aromatic amines is 1. The molecule has 1 heterocycles. The lowest BCUT2D eigenvalue weighted by Crippen LogP contribution is -2.24. The highest BCUT2D eigenvalue weighted by molar-refractivity contribution is 5.18. The number of nitrogens with zero attached hydrogens (tertiary/aromatic N) is 1. The number of aliphatic hydroxyl groups is 1. The Kier molecular flexibility index (Phi) is 2.97. The van der Waals surface area contributed by atoms with Crippen LogP contribution in [0.15, 0.2) is 6.07 Å². The Morgan fingerprint density at radius 2 is 2.07 bits per heavy atom. The van der Waals surface area contributed by atoms with Gasteiger partial charge in [-0.2, -0.15) is 5.10 Å².